The van der Waals surface area contributed by atoms with Crippen molar-refractivity contribution in [1.82, 2.24) is 20.5 Å². The van der Waals surface area contributed by atoms with Gasteiger partial charge in [-0.05, 0) is 59.5 Å². The van der Waals surface area contributed by atoms with Gasteiger partial charge >= 0.3 is 6.09 Å². The molecule has 2 aliphatic rings. The predicted octanol–water partition coefficient (Wildman–Crippen LogP) is 5.52. The quantitative estimate of drug-likeness (QED) is 0.409. The topological polar surface area (TPSA) is 95.6 Å². The second kappa shape index (κ2) is 13.1. The van der Waals surface area contributed by atoms with E-state index in [2.05, 4.69) is 33.9 Å². The third-order valence-corrected chi connectivity index (χ3v) is 7.34. The van der Waals surface area contributed by atoms with Crippen LogP contribution in [0.1, 0.15) is 97.6 Å². The Morgan fingerprint density at radius 1 is 1.06 bits per heavy atom. The molecule has 0 bridgehead atoms. The predicted molar refractivity (Wildman–Crippen MR) is 141 cm³/mol. The van der Waals surface area contributed by atoms with E-state index in [4.69, 9.17) is 9.72 Å². The van der Waals surface area contributed by atoms with Crippen LogP contribution in [-0.4, -0.2) is 46.1 Å². The molecule has 0 radical (unpaired) electrons. The van der Waals surface area contributed by atoms with Crippen LogP contribution in [0.3, 0.4) is 0 Å². The Bertz CT molecular complexity index is 833. The van der Waals surface area contributed by atoms with Crippen LogP contribution in [0.4, 0.5) is 9.93 Å². The van der Waals surface area contributed by atoms with Crippen molar-refractivity contribution < 1.29 is 14.3 Å². The number of nitrogens with zero attached hydrogens (tertiary/aromatic N) is 2. The van der Waals surface area contributed by atoms with Crippen LogP contribution < -0.4 is 16.0 Å². The van der Waals surface area contributed by atoms with E-state index < -0.39 is 11.7 Å². The van der Waals surface area contributed by atoms with E-state index in [-0.39, 0.29) is 12.5 Å². The number of amides is 2. The van der Waals surface area contributed by atoms with Gasteiger partial charge in [-0.2, -0.15) is 0 Å². The molecule has 196 valence electrons. The molecule has 0 atom stereocenters. The van der Waals surface area contributed by atoms with Crippen molar-refractivity contribution >= 4 is 28.5 Å². The molecule has 2 fully saturated rings. The minimum absolute atomic E-state index is 0.134. The van der Waals surface area contributed by atoms with E-state index in [1.54, 1.807) is 32.1 Å². The lowest BCUT2D eigenvalue weighted by atomic mass is 9.88. The SMILES string of the molecule is C/C=C(\Nc1nc(CNC(=O)CNC(=O)OC(C)(C)C)cs1)N(C1CCCCC1)C1CCCCC1. The summed E-state index contributed by atoms with van der Waals surface area (Å²) in [5.74, 6) is 0.878. The molecule has 3 N–H and O–H groups in total. The number of hydrogen-bond donors (Lipinski definition) is 3. The first-order chi connectivity index (χ1) is 16.7. The van der Waals surface area contributed by atoms with Crippen LogP contribution in [0.2, 0.25) is 0 Å². The van der Waals surface area contributed by atoms with Crippen molar-refractivity contribution in [3.63, 3.8) is 0 Å². The molecular weight excluding hydrogens is 462 g/mol. The fourth-order valence-electron chi connectivity index (χ4n) is 4.97. The standard InChI is InChI=1S/C26H43N5O3S/c1-5-22(31(20-12-8-6-9-13-20)21-14-10-7-11-15-21)30-24-29-19(18-35-24)16-27-23(32)17-28-25(33)34-26(2,3)4/h5,18,20-21H,6-17H2,1-4H3,(H,27,32)(H,28,33)(H,29,30)/b22-5+. The van der Waals surface area contributed by atoms with Crippen molar-refractivity contribution in [3.05, 3.63) is 23.0 Å². The largest absolute Gasteiger partial charge is 0.444 e. The van der Waals surface area contributed by atoms with Gasteiger partial charge in [0.05, 0.1) is 12.2 Å². The van der Waals surface area contributed by atoms with Gasteiger partial charge in [0.2, 0.25) is 5.91 Å². The van der Waals surface area contributed by atoms with E-state index in [9.17, 15) is 9.59 Å². The summed E-state index contributed by atoms with van der Waals surface area (Å²) < 4.78 is 5.15. The lowest BCUT2D eigenvalue weighted by Gasteiger charge is -2.44. The number of nitrogens with one attached hydrogen (secondary N) is 3. The van der Waals surface area contributed by atoms with Crippen LogP contribution in [0.25, 0.3) is 0 Å². The fourth-order valence-corrected chi connectivity index (χ4v) is 5.69. The van der Waals surface area contributed by atoms with Gasteiger partial charge in [0.25, 0.3) is 0 Å². The minimum Gasteiger partial charge on any atom is -0.444 e. The van der Waals surface area contributed by atoms with E-state index >= 15 is 0 Å². The minimum atomic E-state index is -0.604. The highest BCUT2D eigenvalue weighted by atomic mass is 32.1. The monoisotopic (exact) mass is 505 g/mol. The Labute approximate surface area is 214 Å². The summed E-state index contributed by atoms with van der Waals surface area (Å²) in [6, 6.07) is 1.20. The molecule has 8 nitrogen and oxygen atoms in total. The molecule has 2 aliphatic carbocycles. The number of ether oxygens (including phenoxy) is 1. The van der Waals surface area contributed by atoms with Crippen molar-refractivity contribution in [2.24, 2.45) is 0 Å². The molecular formula is C26H43N5O3S. The lowest BCUT2D eigenvalue weighted by molar-refractivity contribution is -0.120. The second-order valence-electron chi connectivity index (χ2n) is 10.6. The van der Waals surface area contributed by atoms with Gasteiger partial charge in [-0.3, -0.25) is 4.79 Å². The van der Waals surface area contributed by atoms with Gasteiger partial charge in [-0.25, -0.2) is 9.78 Å². The number of anilines is 1. The van der Waals surface area contributed by atoms with Gasteiger partial charge < -0.3 is 25.6 Å². The molecule has 2 saturated carbocycles. The smallest absolute Gasteiger partial charge is 0.408 e. The zero-order valence-electron chi connectivity index (χ0n) is 21.8. The Morgan fingerprint density at radius 3 is 2.20 bits per heavy atom. The zero-order valence-corrected chi connectivity index (χ0v) is 22.6. The summed E-state index contributed by atoms with van der Waals surface area (Å²) in [6.07, 6.45) is 14.6. The molecule has 0 saturated heterocycles. The average molecular weight is 506 g/mol. The highest BCUT2D eigenvalue weighted by Gasteiger charge is 2.30. The summed E-state index contributed by atoms with van der Waals surface area (Å²) in [6.45, 7) is 7.63. The molecule has 1 heterocycles. The van der Waals surface area contributed by atoms with Crippen LogP contribution >= 0.6 is 11.3 Å². The van der Waals surface area contributed by atoms with Crippen molar-refractivity contribution in [2.75, 3.05) is 11.9 Å². The maximum Gasteiger partial charge on any atom is 0.408 e. The molecule has 0 aliphatic heterocycles. The Hall–Kier alpha value is -2.29. The number of hydrogen-bond acceptors (Lipinski definition) is 7. The normalized spacial score (nSPS) is 18.1. The molecule has 3 rings (SSSR count). The number of carbonyl (C=O) groups excluding carboxylic acids is 2. The number of aromatic nitrogens is 1. The summed E-state index contributed by atoms with van der Waals surface area (Å²) in [5, 5.41) is 11.7. The van der Waals surface area contributed by atoms with Crippen LogP contribution in [-0.2, 0) is 16.1 Å². The Morgan fingerprint density at radius 2 is 1.66 bits per heavy atom. The fraction of sp³-hybridized carbons (Fsp3) is 0.731. The number of carbonyl (C=O) groups is 2. The average Bonchev–Trinajstić information content (AvgIpc) is 3.28. The number of thiazole rings is 1. The molecule has 2 amide bonds. The summed E-state index contributed by atoms with van der Waals surface area (Å²) >= 11 is 1.55. The van der Waals surface area contributed by atoms with E-state index in [1.807, 2.05) is 5.38 Å². The first kappa shape index (κ1) is 27.3. The highest BCUT2D eigenvalue weighted by Crippen LogP contribution is 2.33. The van der Waals surface area contributed by atoms with E-state index in [0.29, 0.717) is 18.6 Å². The molecule has 0 unspecified atom stereocenters. The zero-order chi connectivity index (χ0) is 25.3. The molecule has 1 aromatic rings. The van der Waals surface area contributed by atoms with Crippen LogP contribution in [0, 0.1) is 0 Å². The summed E-state index contributed by atoms with van der Waals surface area (Å²) in [7, 11) is 0. The van der Waals surface area contributed by atoms with Crippen molar-refractivity contribution in [3.8, 4) is 0 Å². The molecule has 1 aromatic heterocycles. The first-order valence-electron chi connectivity index (χ1n) is 13.1. The first-order valence-corrected chi connectivity index (χ1v) is 14.0. The van der Waals surface area contributed by atoms with Gasteiger partial charge in [0.1, 0.15) is 18.0 Å². The molecule has 0 spiro atoms. The molecule has 0 aromatic carbocycles. The van der Waals surface area contributed by atoms with Gasteiger partial charge in [-0.1, -0.05) is 38.5 Å². The third-order valence-electron chi connectivity index (χ3n) is 6.53. The van der Waals surface area contributed by atoms with Gasteiger partial charge in [-0.15, -0.1) is 11.3 Å². The molecule has 35 heavy (non-hydrogen) atoms. The van der Waals surface area contributed by atoms with E-state index in [1.165, 1.54) is 64.2 Å². The van der Waals surface area contributed by atoms with Crippen molar-refractivity contribution in [2.45, 2.75) is 116 Å². The lowest BCUT2D eigenvalue weighted by Crippen LogP contribution is -2.46. The number of allylic oxidation sites excluding steroid dienone is 1. The summed E-state index contributed by atoms with van der Waals surface area (Å²) in [4.78, 5) is 31.2. The third kappa shape index (κ3) is 9.02. The second-order valence-corrected chi connectivity index (χ2v) is 11.4. The number of rotatable bonds is 9. The van der Waals surface area contributed by atoms with Gasteiger partial charge in [0.15, 0.2) is 5.13 Å². The Kier molecular flexibility index (Phi) is 10.2. The van der Waals surface area contributed by atoms with Crippen LogP contribution in [0.15, 0.2) is 17.3 Å². The Balaban J connectivity index is 1.53. The maximum absolute atomic E-state index is 12.1. The number of alkyl carbamates (subject to hydrolysis) is 1. The van der Waals surface area contributed by atoms with Crippen molar-refractivity contribution in [1.29, 1.82) is 0 Å². The van der Waals surface area contributed by atoms with Gasteiger partial charge in [0, 0.05) is 17.5 Å². The maximum atomic E-state index is 12.1. The van der Waals surface area contributed by atoms with Crippen LogP contribution in [0.5, 0.6) is 0 Å². The molecule has 9 heteroatoms. The summed E-state index contributed by atoms with van der Waals surface area (Å²) in [5.41, 5.74) is 0.195. The highest BCUT2D eigenvalue weighted by molar-refractivity contribution is 7.13. The van der Waals surface area contributed by atoms with E-state index in [0.717, 1.165) is 16.6 Å².